The molecule has 0 aliphatic carbocycles. The van der Waals surface area contributed by atoms with Crippen molar-refractivity contribution >= 4 is 29.5 Å². The standard InChI is InChI=1S/C22H22N6O4/c1-4-17(29)26-20(31)22(2,8-7-13-10-25-21(24)27-18(13)23)12-28-11-14-5-6-15(32-3)9-16(14)19(28)30/h4-6,9-10H,1,11-12H2,2-3H3,(H,26,29,31)(H4,23,24,25,27)/t22-/m0/s1. The molecule has 0 bridgehead atoms. The highest BCUT2D eigenvalue weighted by atomic mass is 16.5. The number of imide groups is 1. The minimum atomic E-state index is -1.46. The summed E-state index contributed by atoms with van der Waals surface area (Å²) in [4.78, 5) is 46.8. The zero-order valence-corrected chi connectivity index (χ0v) is 17.6. The van der Waals surface area contributed by atoms with E-state index in [2.05, 4.69) is 33.7 Å². The van der Waals surface area contributed by atoms with Crippen LogP contribution in [0.5, 0.6) is 5.75 Å². The molecule has 10 heteroatoms. The molecule has 1 aromatic heterocycles. The minimum Gasteiger partial charge on any atom is -0.497 e. The van der Waals surface area contributed by atoms with Crippen molar-refractivity contribution in [2.45, 2.75) is 13.5 Å². The highest BCUT2D eigenvalue weighted by Gasteiger charge is 2.39. The molecule has 164 valence electrons. The summed E-state index contributed by atoms with van der Waals surface area (Å²) in [5.41, 5.74) is 11.4. The molecule has 5 N–H and O–H groups in total. The summed E-state index contributed by atoms with van der Waals surface area (Å²) >= 11 is 0. The van der Waals surface area contributed by atoms with Gasteiger partial charge < -0.3 is 21.1 Å². The van der Waals surface area contributed by atoms with E-state index in [0.717, 1.165) is 11.6 Å². The van der Waals surface area contributed by atoms with Crippen LogP contribution < -0.4 is 21.5 Å². The van der Waals surface area contributed by atoms with Gasteiger partial charge in [-0.05, 0) is 30.7 Å². The Bertz CT molecular complexity index is 1180. The lowest BCUT2D eigenvalue weighted by atomic mass is 9.89. The van der Waals surface area contributed by atoms with Crippen LogP contribution in [0.4, 0.5) is 11.8 Å². The number of nitrogens with two attached hydrogens (primary N) is 2. The molecule has 0 spiro atoms. The van der Waals surface area contributed by atoms with Crippen LogP contribution in [-0.2, 0) is 16.1 Å². The van der Waals surface area contributed by atoms with Gasteiger partial charge in [0.1, 0.15) is 17.0 Å². The number of nitrogen functional groups attached to an aromatic ring is 2. The van der Waals surface area contributed by atoms with Crippen LogP contribution in [-0.4, -0.2) is 46.2 Å². The quantitative estimate of drug-likeness (QED) is 0.454. The number of anilines is 2. The lowest BCUT2D eigenvalue weighted by Crippen LogP contribution is -2.47. The first-order chi connectivity index (χ1) is 15.2. The average Bonchev–Trinajstić information content (AvgIpc) is 3.07. The zero-order valence-electron chi connectivity index (χ0n) is 17.6. The van der Waals surface area contributed by atoms with Gasteiger partial charge in [0.05, 0.1) is 18.9 Å². The number of benzene rings is 1. The molecule has 0 saturated carbocycles. The number of carbonyl (C=O) groups is 3. The third kappa shape index (κ3) is 4.52. The summed E-state index contributed by atoms with van der Waals surface area (Å²) in [6.45, 7) is 5.07. The molecule has 1 aliphatic heterocycles. The Labute approximate surface area is 184 Å². The van der Waals surface area contributed by atoms with E-state index in [1.54, 1.807) is 18.2 Å². The summed E-state index contributed by atoms with van der Waals surface area (Å²) in [5.74, 6) is 4.54. The van der Waals surface area contributed by atoms with Gasteiger partial charge in [0.25, 0.3) is 5.91 Å². The number of carbonyl (C=O) groups excluding carboxylic acids is 3. The second-order valence-electron chi connectivity index (χ2n) is 7.32. The molecular weight excluding hydrogens is 412 g/mol. The Morgan fingerprint density at radius 2 is 2.16 bits per heavy atom. The molecule has 3 amide bonds. The molecular formula is C22H22N6O4. The molecule has 3 rings (SSSR count). The maximum absolute atomic E-state index is 13.0. The Balaban J connectivity index is 1.94. The van der Waals surface area contributed by atoms with Crippen molar-refractivity contribution < 1.29 is 19.1 Å². The van der Waals surface area contributed by atoms with Gasteiger partial charge in [-0.2, -0.15) is 4.98 Å². The van der Waals surface area contributed by atoms with Crippen molar-refractivity contribution in [3.8, 4) is 17.6 Å². The van der Waals surface area contributed by atoms with Gasteiger partial charge in [-0.15, -0.1) is 0 Å². The smallest absolute Gasteiger partial charge is 0.254 e. The van der Waals surface area contributed by atoms with E-state index in [0.29, 0.717) is 11.3 Å². The predicted octanol–water partition coefficient (Wildman–Crippen LogP) is 0.492. The van der Waals surface area contributed by atoms with E-state index in [4.69, 9.17) is 16.2 Å². The van der Waals surface area contributed by atoms with Crippen molar-refractivity contribution in [3.63, 3.8) is 0 Å². The first kappa shape index (κ1) is 22.3. The molecule has 1 aromatic carbocycles. The summed E-state index contributed by atoms with van der Waals surface area (Å²) in [5, 5.41) is 2.22. The first-order valence-electron chi connectivity index (χ1n) is 9.52. The lowest BCUT2D eigenvalue weighted by molar-refractivity contribution is -0.133. The third-order valence-electron chi connectivity index (χ3n) is 4.94. The van der Waals surface area contributed by atoms with Crippen LogP contribution >= 0.6 is 0 Å². The van der Waals surface area contributed by atoms with E-state index in [1.165, 1.54) is 25.1 Å². The van der Waals surface area contributed by atoms with Gasteiger partial charge in [0.2, 0.25) is 17.8 Å². The minimum absolute atomic E-state index is 0.0130. The van der Waals surface area contributed by atoms with E-state index in [-0.39, 0.29) is 36.3 Å². The van der Waals surface area contributed by atoms with E-state index in [1.807, 2.05) is 0 Å². The molecule has 1 atom stereocenters. The second kappa shape index (κ2) is 8.77. The normalized spacial score (nSPS) is 13.9. The van der Waals surface area contributed by atoms with E-state index < -0.39 is 17.2 Å². The maximum Gasteiger partial charge on any atom is 0.254 e. The van der Waals surface area contributed by atoms with Crippen LogP contribution in [0, 0.1) is 17.3 Å². The average molecular weight is 434 g/mol. The Morgan fingerprint density at radius 1 is 1.41 bits per heavy atom. The fraction of sp³-hybridized carbons (Fsp3) is 0.227. The Morgan fingerprint density at radius 3 is 2.81 bits per heavy atom. The Hall–Kier alpha value is -4.39. The van der Waals surface area contributed by atoms with Gasteiger partial charge in [-0.1, -0.05) is 24.5 Å². The fourth-order valence-corrected chi connectivity index (χ4v) is 3.16. The summed E-state index contributed by atoms with van der Waals surface area (Å²) in [6, 6.07) is 5.20. The molecule has 2 heterocycles. The second-order valence-corrected chi connectivity index (χ2v) is 7.32. The number of hydrogen-bond donors (Lipinski definition) is 3. The molecule has 0 radical (unpaired) electrons. The third-order valence-corrected chi connectivity index (χ3v) is 4.94. The summed E-state index contributed by atoms with van der Waals surface area (Å²) in [7, 11) is 1.51. The van der Waals surface area contributed by atoms with Gasteiger partial charge in [0, 0.05) is 18.7 Å². The molecule has 0 unspecified atom stereocenters. The number of methoxy groups -OCH3 is 1. The van der Waals surface area contributed by atoms with Crippen molar-refractivity contribution in [1.82, 2.24) is 20.2 Å². The predicted molar refractivity (Wildman–Crippen MR) is 117 cm³/mol. The van der Waals surface area contributed by atoms with Crippen LogP contribution in [0.15, 0.2) is 37.1 Å². The molecule has 2 aromatic rings. The van der Waals surface area contributed by atoms with Crippen molar-refractivity contribution in [2.75, 3.05) is 25.1 Å². The van der Waals surface area contributed by atoms with Gasteiger partial charge in [0.15, 0.2) is 0 Å². The fourth-order valence-electron chi connectivity index (χ4n) is 3.16. The molecule has 0 fully saturated rings. The van der Waals surface area contributed by atoms with Gasteiger partial charge in [-0.25, -0.2) is 4.98 Å². The number of rotatable bonds is 5. The molecule has 10 nitrogen and oxygen atoms in total. The number of fused-ring (bicyclic) bond motifs is 1. The van der Waals surface area contributed by atoms with Gasteiger partial charge in [-0.3, -0.25) is 19.7 Å². The topological polar surface area (TPSA) is 154 Å². The maximum atomic E-state index is 13.0. The number of amides is 3. The highest BCUT2D eigenvalue weighted by molar-refractivity contribution is 6.04. The van der Waals surface area contributed by atoms with Crippen molar-refractivity contribution in [1.29, 1.82) is 0 Å². The zero-order chi connectivity index (χ0) is 23.5. The molecule has 0 saturated heterocycles. The lowest BCUT2D eigenvalue weighted by Gasteiger charge is -2.27. The van der Waals surface area contributed by atoms with Crippen LogP contribution in [0.2, 0.25) is 0 Å². The van der Waals surface area contributed by atoms with E-state index >= 15 is 0 Å². The number of hydrogen-bond acceptors (Lipinski definition) is 8. The van der Waals surface area contributed by atoms with E-state index in [9.17, 15) is 14.4 Å². The number of ether oxygens (including phenoxy) is 1. The van der Waals surface area contributed by atoms with Gasteiger partial charge >= 0.3 is 0 Å². The largest absolute Gasteiger partial charge is 0.497 e. The Kier molecular flexibility index (Phi) is 6.11. The van der Waals surface area contributed by atoms with Crippen molar-refractivity contribution in [2.24, 2.45) is 5.41 Å². The molecule has 1 aliphatic rings. The SMILES string of the molecule is C=CC(=O)NC(=O)[C@@](C)(C#Cc1cnc(N)nc1N)CN1Cc2ccc(OC)cc2C1=O. The monoisotopic (exact) mass is 434 g/mol. The first-order valence-corrected chi connectivity index (χ1v) is 9.52. The van der Waals surface area contributed by atoms with Crippen LogP contribution in [0.3, 0.4) is 0 Å². The van der Waals surface area contributed by atoms with Crippen LogP contribution in [0.25, 0.3) is 0 Å². The number of nitrogens with one attached hydrogen (secondary N) is 1. The van der Waals surface area contributed by atoms with Crippen LogP contribution in [0.1, 0.15) is 28.4 Å². The highest BCUT2D eigenvalue weighted by Crippen LogP contribution is 2.30. The summed E-state index contributed by atoms with van der Waals surface area (Å²) < 4.78 is 5.19. The number of nitrogens with zero attached hydrogens (tertiary/aromatic N) is 3. The van der Waals surface area contributed by atoms with Crippen molar-refractivity contribution in [3.05, 3.63) is 53.7 Å². The molecule has 32 heavy (non-hydrogen) atoms. The summed E-state index contributed by atoms with van der Waals surface area (Å²) in [6.07, 6.45) is 2.31. The number of aromatic nitrogens is 2.